The van der Waals surface area contributed by atoms with Crippen molar-refractivity contribution in [3.8, 4) is 6.07 Å². The minimum absolute atomic E-state index is 0.0439. The van der Waals surface area contributed by atoms with E-state index in [0.717, 1.165) is 5.56 Å². The van der Waals surface area contributed by atoms with Crippen LogP contribution in [0.2, 0.25) is 0 Å². The fourth-order valence-corrected chi connectivity index (χ4v) is 2.45. The molecule has 19 heavy (non-hydrogen) atoms. The van der Waals surface area contributed by atoms with Crippen molar-refractivity contribution in [2.45, 2.75) is 17.9 Å². The molecule has 0 aliphatic carbocycles. The minimum Gasteiger partial charge on any atom is -0.360 e. The van der Waals surface area contributed by atoms with Crippen LogP contribution in [0.5, 0.6) is 0 Å². The van der Waals surface area contributed by atoms with Gasteiger partial charge in [0, 0.05) is 6.07 Å². The van der Waals surface area contributed by atoms with Crippen molar-refractivity contribution >= 4 is 10.0 Å². The van der Waals surface area contributed by atoms with Gasteiger partial charge in [-0.1, -0.05) is 17.3 Å². The normalized spacial score (nSPS) is 11.1. The predicted octanol–water partition coefficient (Wildman–Crippen LogP) is 1.22. The standard InChI is InChI=1S/C12H11N3O3S/c13-7-5-10-1-3-12(4-2-10)19(16,17)15-9-11-6-8-14-18-11/h1-4,6,8,15H,5,9H2. The molecular formula is C12H11N3O3S. The topological polar surface area (TPSA) is 96.0 Å². The van der Waals surface area contributed by atoms with Gasteiger partial charge >= 0.3 is 0 Å². The highest BCUT2D eigenvalue weighted by Crippen LogP contribution is 2.11. The number of rotatable bonds is 5. The molecule has 0 bridgehead atoms. The van der Waals surface area contributed by atoms with E-state index in [1.54, 1.807) is 18.2 Å². The molecule has 0 atom stereocenters. The van der Waals surface area contributed by atoms with Gasteiger partial charge in [-0.2, -0.15) is 5.26 Å². The van der Waals surface area contributed by atoms with Crippen LogP contribution >= 0.6 is 0 Å². The molecule has 0 radical (unpaired) electrons. The Balaban J connectivity index is 2.09. The van der Waals surface area contributed by atoms with Crippen molar-refractivity contribution in [1.82, 2.24) is 9.88 Å². The van der Waals surface area contributed by atoms with Crippen LogP contribution in [0, 0.1) is 11.3 Å². The fourth-order valence-electron chi connectivity index (χ4n) is 1.46. The second-order valence-electron chi connectivity index (χ2n) is 3.78. The third kappa shape index (κ3) is 3.40. The molecule has 98 valence electrons. The Bertz CT molecular complexity index is 670. The molecule has 1 aromatic heterocycles. The van der Waals surface area contributed by atoms with Crippen molar-refractivity contribution in [1.29, 1.82) is 5.26 Å². The predicted molar refractivity (Wildman–Crippen MR) is 66.3 cm³/mol. The maximum absolute atomic E-state index is 12.0. The lowest BCUT2D eigenvalue weighted by Gasteiger charge is -2.05. The molecule has 2 rings (SSSR count). The van der Waals surface area contributed by atoms with Crippen LogP contribution < -0.4 is 4.72 Å². The zero-order valence-corrected chi connectivity index (χ0v) is 10.7. The van der Waals surface area contributed by atoms with Gasteiger partial charge in [-0.05, 0) is 17.7 Å². The van der Waals surface area contributed by atoms with Gasteiger partial charge in [-0.25, -0.2) is 13.1 Å². The highest BCUT2D eigenvalue weighted by Gasteiger charge is 2.14. The molecule has 0 spiro atoms. The van der Waals surface area contributed by atoms with Gasteiger partial charge in [0.15, 0.2) is 5.76 Å². The van der Waals surface area contributed by atoms with E-state index >= 15 is 0 Å². The van der Waals surface area contributed by atoms with Crippen molar-refractivity contribution in [3.05, 3.63) is 47.9 Å². The third-order valence-electron chi connectivity index (χ3n) is 2.44. The zero-order chi connectivity index (χ0) is 13.7. The molecule has 1 aromatic carbocycles. The maximum Gasteiger partial charge on any atom is 0.240 e. The van der Waals surface area contributed by atoms with E-state index in [-0.39, 0.29) is 17.9 Å². The number of hydrogen-bond donors (Lipinski definition) is 1. The molecule has 1 N–H and O–H groups in total. The van der Waals surface area contributed by atoms with Crippen LogP contribution in [-0.4, -0.2) is 13.6 Å². The number of nitrogens with zero attached hydrogens (tertiary/aromatic N) is 2. The molecule has 0 saturated heterocycles. The highest BCUT2D eigenvalue weighted by atomic mass is 32.2. The van der Waals surface area contributed by atoms with Crippen LogP contribution in [0.1, 0.15) is 11.3 Å². The summed E-state index contributed by atoms with van der Waals surface area (Å²) in [4.78, 5) is 0.147. The minimum atomic E-state index is -3.59. The van der Waals surface area contributed by atoms with Crippen LogP contribution in [0.15, 0.2) is 45.9 Å². The van der Waals surface area contributed by atoms with Gasteiger partial charge in [-0.3, -0.25) is 0 Å². The van der Waals surface area contributed by atoms with E-state index in [2.05, 4.69) is 9.88 Å². The van der Waals surface area contributed by atoms with Crippen molar-refractivity contribution in [3.63, 3.8) is 0 Å². The Morgan fingerprint density at radius 1 is 1.26 bits per heavy atom. The second-order valence-corrected chi connectivity index (χ2v) is 5.55. The molecule has 6 nitrogen and oxygen atoms in total. The molecule has 2 aromatic rings. The lowest BCUT2D eigenvalue weighted by Crippen LogP contribution is -2.23. The number of sulfonamides is 1. The van der Waals surface area contributed by atoms with Gasteiger partial charge in [0.1, 0.15) is 0 Å². The molecular weight excluding hydrogens is 266 g/mol. The van der Waals surface area contributed by atoms with Crippen LogP contribution in [0.25, 0.3) is 0 Å². The number of nitrogens with one attached hydrogen (secondary N) is 1. The Morgan fingerprint density at radius 2 is 2.00 bits per heavy atom. The van der Waals surface area contributed by atoms with E-state index in [4.69, 9.17) is 9.78 Å². The molecule has 0 aliphatic heterocycles. The van der Waals surface area contributed by atoms with Crippen molar-refractivity contribution < 1.29 is 12.9 Å². The summed E-state index contributed by atoms with van der Waals surface area (Å²) in [6.45, 7) is 0.0439. The summed E-state index contributed by atoms with van der Waals surface area (Å²) in [6.07, 6.45) is 1.70. The van der Waals surface area contributed by atoms with E-state index in [1.807, 2.05) is 6.07 Å². The average molecular weight is 277 g/mol. The van der Waals surface area contributed by atoms with Crippen LogP contribution in [0.4, 0.5) is 0 Å². The first-order valence-corrected chi connectivity index (χ1v) is 6.95. The SMILES string of the molecule is N#CCc1ccc(S(=O)(=O)NCc2ccno2)cc1. The first-order valence-electron chi connectivity index (χ1n) is 5.47. The van der Waals surface area contributed by atoms with Gasteiger partial charge in [-0.15, -0.1) is 0 Å². The fraction of sp³-hybridized carbons (Fsp3) is 0.167. The lowest BCUT2D eigenvalue weighted by molar-refractivity contribution is 0.380. The average Bonchev–Trinajstić information content (AvgIpc) is 2.91. The number of benzene rings is 1. The lowest BCUT2D eigenvalue weighted by atomic mass is 10.2. The number of nitriles is 1. The Hall–Kier alpha value is -2.17. The van der Waals surface area contributed by atoms with Crippen LogP contribution in [0.3, 0.4) is 0 Å². The van der Waals surface area contributed by atoms with E-state index in [9.17, 15) is 8.42 Å². The molecule has 0 fully saturated rings. The smallest absolute Gasteiger partial charge is 0.240 e. The molecule has 0 saturated carbocycles. The van der Waals surface area contributed by atoms with Crippen molar-refractivity contribution in [2.75, 3.05) is 0 Å². The summed E-state index contributed by atoms with van der Waals surface area (Å²) in [6, 6.07) is 9.75. The Kier molecular flexibility index (Phi) is 3.94. The maximum atomic E-state index is 12.0. The molecule has 1 heterocycles. The highest BCUT2D eigenvalue weighted by molar-refractivity contribution is 7.89. The van der Waals surface area contributed by atoms with Gasteiger partial charge in [0.2, 0.25) is 10.0 Å². The largest absolute Gasteiger partial charge is 0.360 e. The second kappa shape index (κ2) is 5.65. The van der Waals surface area contributed by atoms with Crippen molar-refractivity contribution in [2.24, 2.45) is 0 Å². The summed E-state index contributed by atoms with van der Waals surface area (Å²) in [7, 11) is -3.59. The first-order chi connectivity index (χ1) is 9.12. The van der Waals surface area contributed by atoms with Crippen LogP contribution in [-0.2, 0) is 23.0 Å². The molecule has 7 heteroatoms. The number of aromatic nitrogens is 1. The zero-order valence-electron chi connectivity index (χ0n) is 9.91. The first kappa shape index (κ1) is 13.3. The Morgan fingerprint density at radius 3 is 2.58 bits per heavy atom. The summed E-state index contributed by atoms with van der Waals surface area (Å²) >= 11 is 0. The van der Waals surface area contributed by atoms with Gasteiger partial charge in [0.05, 0.1) is 30.1 Å². The molecule has 0 aliphatic rings. The van der Waals surface area contributed by atoms with E-state index in [1.165, 1.54) is 18.3 Å². The summed E-state index contributed by atoms with van der Waals surface area (Å²) in [5, 5.41) is 12.0. The summed E-state index contributed by atoms with van der Waals surface area (Å²) in [5.41, 5.74) is 0.775. The van der Waals surface area contributed by atoms with Gasteiger partial charge in [0.25, 0.3) is 0 Å². The molecule has 0 unspecified atom stereocenters. The van der Waals surface area contributed by atoms with E-state index < -0.39 is 10.0 Å². The van der Waals surface area contributed by atoms with E-state index in [0.29, 0.717) is 5.76 Å². The summed E-state index contributed by atoms with van der Waals surface area (Å²) < 4.78 is 31.1. The number of hydrogen-bond acceptors (Lipinski definition) is 5. The molecule has 0 amide bonds. The Labute approximate surface area is 110 Å². The quantitative estimate of drug-likeness (QED) is 0.886. The van der Waals surface area contributed by atoms with Gasteiger partial charge < -0.3 is 4.52 Å². The summed E-state index contributed by atoms with van der Waals surface area (Å²) in [5.74, 6) is 0.435. The monoisotopic (exact) mass is 277 g/mol. The third-order valence-corrected chi connectivity index (χ3v) is 3.86.